The van der Waals surface area contributed by atoms with Crippen LogP contribution in [-0.4, -0.2) is 27.8 Å². The molecule has 0 saturated carbocycles. The van der Waals surface area contributed by atoms with Crippen LogP contribution in [0.2, 0.25) is 0 Å². The Morgan fingerprint density at radius 2 is 1.92 bits per heavy atom. The number of nitrogens with one attached hydrogen (secondary N) is 1. The molecule has 0 bridgehead atoms. The van der Waals surface area contributed by atoms with Crippen molar-refractivity contribution in [1.82, 2.24) is 14.8 Å². The van der Waals surface area contributed by atoms with E-state index >= 15 is 0 Å². The van der Waals surface area contributed by atoms with E-state index < -0.39 is 0 Å². The molecule has 180 valence electrons. The van der Waals surface area contributed by atoms with E-state index in [1.54, 1.807) is 23.1 Å². The van der Waals surface area contributed by atoms with Gasteiger partial charge >= 0.3 is 0 Å². The Labute approximate surface area is 212 Å². The number of rotatable bonds is 6. The number of anilines is 1. The van der Waals surface area contributed by atoms with E-state index in [0.717, 1.165) is 32.0 Å². The zero-order valence-corrected chi connectivity index (χ0v) is 20.7. The van der Waals surface area contributed by atoms with Gasteiger partial charge in [0.15, 0.2) is 11.5 Å². The Morgan fingerprint density at radius 1 is 1.08 bits per heavy atom. The molecule has 3 aromatic carbocycles. The van der Waals surface area contributed by atoms with Gasteiger partial charge in [0.25, 0.3) is 0 Å². The third-order valence-electron chi connectivity index (χ3n) is 6.52. The lowest BCUT2D eigenvalue weighted by molar-refractivity contribution is -0.116. The summed E-state index contributed by atoms with van der Waals surface area (Å²) in [6.45, 7) is 2.52. The Bertz CT molecular complexity index is 1560. The second-order valence-electron chi connectivity index (χ2n) is 8.75. The summed E-state index contributed by atoms with van der Waals surface area (Å²) in [6, 6.07) is 22.0. The third-order valence-corrected chi connectivity index (χ3v) is 7.53. The summed E-state index contributed by atoms with van der Waals surface area (Å²) in [4.78, 5) is 17.5. The van der Waals surface area contributed by atoms with Crippen LogP contribution in [0.4, 0.5) is 5.82 Å². The summed E-state index contributed by atoms with van der Waals surface area (Å²) < 4.78 is 14.5. The maximum absolute atomic E-state index is 12.8. The number of benzene rings is 3. The Morgan fingerprint density at radius 3 is 2.75 bits per heavy atom. The van der Waals surface area contributed by atoms with Gasteiger partial charge in [0.2, 0.25) is 11.0 Å². The maximum atomic E-state index is 12.8. The number of nitrogens with zero attached hydrogens (tertiary/aromatic N) is 3. The molecule has 3 heterocycles. The van der Waals surface area contributed by atoms with Crippen LogP contribution in [0, 0.1) is 6.92 Å². The molecular weight excluding hydrogens is 472 g/mol. The first kappa shape index (κ1) is 22.3. The summed E-state index contributed by atoms with van der Waals surface area (Å²) in [5, 5.41) is 8.32. The van der Waals surface area contributed by atoms with E-state index in [-0.39, 0.29) is 11.8 Å². The van der Waals surface area contributed by atoms with Crippen LogP contribution in [0.15, 0.2) is 72.9 Å². The Balaban J connectivity index is 1.32. The topological polar surface area (TPSA) is 78.3 Å². The molecule has 0 spiro atoms. The fraction of sp³-hybridized carbons (Fsp3) is 0.179. The highest BCUT2D eigenvalue weighted by molar-refractivity contribution is 7.20. The van der Waals surface area contributed by atoms with E-state index in [1.165, 1.54) is 5.56 Å². The van der Waals surface area contributed by atoms with Crippen LogP contribution in [0.5, 0.6) is 11.5 Å². The van der Waals surface area contributed by atoms with Crippen LogP contribution in [0.1, 0.15) is 34.6 Å². The molecule has 8 heteroatoms. The van der Waals surface area contributed by atoms with Crippen molar-refractivity contribution >= 4 is 33.3 Å². The van der Waals surface area contributed by atoms with E-state index in [1.807, 2.05) is 60.8 Å². The van der Waals surface area contributed by atoms with Crippen LogP contribution in [0.3, 0.4) is 0 Å². The number of para-hydroxylation sites is 1. The van der Waals surface area contributed by atoms with Gasteiger partial charge in [-0.05, 0) is 47.9 Å². The summed E-state index contributed by atoms with van der Waals surface area (Å²) >= 11 is 1.54. The van der Waals surface area contributed by atoms with Crippen molar-refractivity contribution in [2.75, 3.05) is 12.4 Å². The van der Waals surface area contributed by atoms with Gasteiger partial charge in [0.1, 0.15) is 12.4 Å². The molecule has 1 aliphatic rings. The second-order valence-corrected chi connectivity index (χ2v) is 9.76. The third kappa shape index (κ3) is 3.99. The Hall–Kier alpha value is -4.17. The predicted octanol–water partition coefficient (Wildman–Crippen LogP) is 5.85. The first-order valence-electron chi connectivity index (χ1n) is 11.7. The number of fused-ring (bicyclic) bond motifs is 2. The average molecular weight is 497 g/mol. The summed E-state index contributed by atoms with van der Waals surface area (Å²) in [5.41, 5.74) is 5.13. The first-order valence-corrected chi connectivity index (χ1v) is 12.5. The number of ether oxygens (including phenoxy) is 2. The molecule has 0 unspecified atom stereocenters. The number of aryl methyl sites for hydroxylation is 1. The molecule has 0 aliphatic carbocycles. The van der Waals surface area contributed by atoms with Gasteiger partial charge in [-0.25, -0.2) is 4.98 Å². The van der Waals surface area contributed by atoms with Gasteiger partial charge in [-0.1, -0.05) is 53.8 Å². The largest absolute Gasteiger partial charge is 0.493 e. The number of aromatic nitrogens is 3. The predicted molar refractivity (Wildman–Crippen MR) is 140 cm³/mol. The lowest BCUT2D eigenvalue weighted by Gasteiger charge is -2.24. The van der Waals surface area contributed by atoms with E-state index in [2.05, 4.69) is 29.5 Å². The SMILES string of the molecule is COc1cc([C@H]2CC(=O)Nc3c2cnn3-c2nc3ccccc3s2)ccc1OCc1ccccc1C. The number of methoxy groups -OCH3 is 1. The van der Waals surface area contributed by atoms with E-state index in [9.17, 15) is 4.79 Å². The average Bonchev–Trinajstić information content (AvgIpc) is 3.51. The van der Waals surface area contributed by atoms with Crippen molar-refractivity contribution < 1.29 is 14.3 Å². The van der Waals surface area contributed by atoms with Crippen molar-refractivity contribution in [2.24, 2.45) is 0 Å². The molecule has 0 fully saturated rings. The van der Waals surface area contributed by atoms with Crippen molar-refractivity contribution in [1.29, 1.82) is 0 Å². The zero-order valence-electron chi connectivity index (χ0n) is 19.9. The highest BCUT2D eigenvalue weighted by Gasteiger charge is 2.31. The molecular formula is C28H24N4O3S. The van der Waals surface area contributed by atoms with Gasteiger partial charge in [-0.15, -0.1) is 0 Å². The van der Waals surface area contributed by atoms with Crippen molar-refractivity contribution in [3.05, 3.63) is 95.2 Å². The van der Waals surface area contributed by atoms with Crippen LogP contribution >= 0.6 is 11.3 Å². The fourth-order valence-electron chi connectivity index (χ4n) is 4.56. The quantitative estimate of drug-likeness (QED) is 0.319. The molecule has 1 amide bonds. The molecule has 7 nitrogen and oxygen atoms in total. The number of amides is 1. The molecule has 2 aromatic heterocycles. The smallest absolute Gasteiger partial charge is 0.226 e. The molecule has 1 aliphatic heterocycles. The van der Waals surface area contributed by atoms with Crippen molar-refractivity contribution in [3.8, 4) is 16.6 Å². The van der Waals surface area contributed by atoms with Gasteiger partial charge in [-0.3, -0.25) is 4.79 Å². The standard InChI is InChI=1S/C28H24N4O3S/c1-17-7-3-4-8-19(17)16-35-23-12-11-18(13-24(23)34-2)20-14-26(33)31-27-21(20)15-29-32(27)28-30-22-9-5-6-10-25(22)36-28/h3-13,15,20H,14,16H2,1-2H3,(H,31,33)/t20-/m1/s1. The summed E-state index contributed by atoms with van der Waals surface area (Å²) in [6.07, 6.45) is 2.14. The van der Waals surface area contributed by atoms with Crippen LogP contribution in [-0.2, 0) is 11.4 Å². The number of hydrogen-bond donors (Lipinski definition) is 1. The van der Waals surface area contributed by atoms with Crippen molar-refractivity contribution in [3.63, 3.8) is 0 Å². The normalized spacial score (nSPS) is 14.9. The van der Waals surface area contributed by atoms with Crippen molar-refractivity contribution in [2.45, 2.75) is 25.9 Å². The van der Waals surface area contributed by atoms with E-state index in [4.69, 9.17) is 14.5 Å². The number of hydrogen-bond acceptors (Lipinski definition) is 6. The maximum Gasteiger partial charge on any atom is 0.226 e. The van der Waals surface area contributed by atoms with Gasteiger partial charge in [0.05, 0.1) is 23.5 Å². The molecule has 0 saturated heterocycles. The fourth-order valence-corrected chi connectivity index (χ4v) is 5.49. The van der Waals surface area contributed by atoms with Crippen LogP contribution < -0.4 is 14.8 Å². The van der Waals surface area contributed by atoms with E-state index in [0.29, 0.717) is 30.3 Å². The van der Waals surface area contributed by atoms with Gasteiger partial charge < -0.3 is 14.8 Å². The minimum atomic E-state index is -0.156. The molecule has 6 rings (SSSR count). The monoisotopic (exact) mass is 496 g/mol. The number of carbonyl (C=O) groups is 1. The first-order chi connectivity index (χ1) is 17.6. The highest BCUT2D eigenvalue weighted by Crippen LogP contribution is 2.41. The summed E-state index contributed by atoms with van der Waals surface area (Å²) in [7, 11) is 1.63. The molecule has 5 aromatic rings. The zero-order chi connectivity index (χ0) is 24.6. The molecule has 36 heavy (non-hydrogen) atoms. The van der Waals surface area contributed by atoms with Gasteiger partial charge in [0, 0.05) is 17.9 Å². The lowest BCUT2D eigenvalue weighted by atomic mass is 9.87. The Kier molecular flexibility index (Phi) is 5.65. The molecule has 1 atom stereocenters. The second kappa shape index (κ2) is 9.13. The number of thiazole rings is 1. The minimum absolute atomic E-state index is 0.0609. The minimum Gasteiger partial charge on any atom is -0.493 e. The summed E-state index contributed by atoms with van der Waals surface area (Å²) in [5.74, 6) is 1.74. The number of carbonyl (C=O) groups excluding carboxylic acids is 1. The molecule has 1 N–H and O–H groups in total. The highest BCUT2D eigenvalue weighted by atomic mass is 32.1. The van der Waals surface area contributed by atoms with Gasteiger partial charge in [-0.2, -0.15) is 9.78 Å². The lowest BCUT2D eigenvalue weighted by Crippen LogP contribution is -2.24. The van der Waals surface area contributed by atoms with Crippen LogP contribution in [0.25, 0.3) is 15.3 Å². The molecule has 0 radical (unpaired) electrons.